The summed E-state index contributed by atoms with van der Waals surface area (Å²) in [7, 11) is 1.91. The molecule has 2 aromatic heterocycles. The van der Waals surface area contributed by atoms with Crippen LogP contribution in [0.1, 0.15) is 19.3 Å². The highest BCUT2D eigenvalue weighted by molar-refractivity contribution is 5.95. The van der Waals surface area contributed by atoms with Crippen molar-refractivity contribution in [1.29, 1.82) is 0 Å². The smallest absolute Gasteiger partial charge is 0.261 e. The van der Waals surface area contributed by atoms with Crippen molar-refractivity contribution in [3.63, 3.8) is 0 Å². The van der Waals surface area contributed by atoms with Crippen LogP contribution in [-0.4, -0.2) is 38.2 Å². The van der Waals surface area contributed by atoms with Gasteiger partial charge in [-0.3, -0.25) is 14.3 Å². The lowest BCUT2D eigenvalue weighted by Gasteiger charge is -2.27. The molecule has 1 aliphatic heterocycles. The summed E-state index contributed by atoms with van der Waals surface area (Å²) in [6.07, 6.45) is 6.78. The largest absolute Gasteiger partial charge is 0.355 e. The SMILES string of the molecule is Cn1ncc2cc(Nc3cccc4ccn(CC(=O)N5CCCCC5)c(=O)c34)ccc21. The Kier molecular flexibility index (Phi) is 4.94. The summed E-state index contributed by atoms with van der Waals surface area (Å²) in [5.74, 6) is 0.00798. The molecule has 5 rings (SSSR count). The van der Waals surface area contributed by atoms with Crippen LogP contribution in [-0.2, 0) is 18.4 Å². The minimum Gasteiger partial charge on any atom is -0.355 e. The highest BCUT2D eigenvalue weighted by Gasteiger charge is 2.18. The molecule has 7 heteroatoms. The van der Waals surface area contributed by atoms with Crippen molar-refractivity contribution in [2.24, 2.45) is 7.05 Å². The van der Waals surface area contributed by atoms with Crippen molar-refractivity contribution in [2.75, 3.05) is 18.4 Å². The summed E-state index contributed by atoms with van der Waals surface area (Å²) < 4.78 is 3.35. The summed E-state index contributed by atoms with van der Waals surface area (Å²) in [6, 6.07) is 13.6. The molecule has 7 nitrogen and oxygen atoms in total. The zero-order chi connectivity index (χ0) is 21.4. The van der Waals surface area contributed by atoms with Crippen LogP contribution in [0.5, 0.6) is 0 Å². The molecule has 0 spiro atoms. The van der Waals surface area contributed by atoms with Crippen LogP contribution < -0.4 is 10.9 Å². The molecule has 0 aliphatic carbocycles. The van der Waals surface area contributed by atoms with Gasteiger partial charge in [0, 0.05) is 37.4 Å². The van der Waals surface area contributed by atoms with E-state index in [1.165, 1.54) is 11.0 Å². The second kappa shape index (κ2) is 7.91. The molecule has 0 unspecified atom stereocenters. The number of pyridine rings is 1. The van der Waals surface area contributed by atoms with Crippen LogP contribution in [0.3, 0.4) is 0 Å². The second-order valence-corrected chi connectivity index (χ2v) is 8.13. The predicted octanol–water partition coefficient (Wildman–Crippen LogP) is 3.64. The molecule has 0 bridgehead atoms. The van der Waals surface area contributed by atoms with Gasteiger partial charge < -0.3 is 14.8 Å². The predicted molar refractivity (Wildman–Crippen MR) is 123 cm³/mol. The molecule has 1 amide bonds. The maximum Gasteiger partial charge on any atom is 0.261 e. The Balaban J connectivity index is 1.48. The van der Waals surface area contributed by atoms with Crippen molar-refractivity contribution in [3.8, 4) is 0 Å². The zero-order valence-corrected chi connectivity index (χ0v) is 17.5. The van der Waals surface area contributed by atoms with Crippen molar-refractivity contribution < 1.29 is 4.79 Å². The Hall–Kier alpha value is -3.61. The van der Waals surface area contributed by atoms with Gasteiger partial charge in [0.05, 0.1) is 22.8 Å². The van der Waals surface area contributed by atoms with Crippen molar-refractivity contribution in [2.45, 2.75) is 25.8 Å². The molecule has 1 aliphatic rings. The first kappa shape index (κ1) is 19.4. The summed E-state index contributed by atoms with van der Waals surface area (Å²) in [5.41, 5.74) is 2.49. The fraction of sp³-hybridized carbons (Fsp3) is 0.292. The molecule has 158 valence electrons. The minimum atomic E-state index is -0.159. The average Bonchev–Trinajstić information content (AvgIpc) is 3.16. The number of rotatable bonds is 4. The molecule has 0 saturated carbocycles. The lowest BCUT2D eigenvalue weighted by molar-refractivity contribution is -0.132. The number of aromatic nitrogens is 3. The quantitative estimate of drug-likeness (QED) is 0.552. The number of piperidine rings is 1. The van der Waals surface area contributed by atoms with Gasteiger partial charge in [-0.1, -0.05) is 12.1 Å². The number of amides is 1. The lowest BCUT2D eigenvalue weighted by atomic mass is 10.1. The molecule has 0 atom stereocenters. The number of benzene rings is 2. The van der Waals surface area contributed by atoms with Gasteiger partial charge in [-0.15, -0.1) is 0 Å². The topological polar surface area (TPSA) is 72.2 Å². The maximum absolute atomic E-state index is 13.3. The highest BCUT2D eigenvalue weighted by Crippen LogP contribution is 2.26. The number of hydrogen-bond acceptors (Lipinski definition) is 4. The lowest BCUT2D eigenvalue weighted by Crippen LogP contribution is -2.39. The van der Waals surface area contributed by atoms with Crippen LogP contribution in [0.2, 0.25) is 0 Å². The normalized spacial score (nSPS) is 14.3. The standard InChI is InChI=1S/C24H25N5O2/c1-27-21-9-8-19(14-18(21)15-25-27)26-20-7-5-6-17-10-13-29(24(31)23(17)20)16-22(30)28-11-3-2-4-12-28/h5-10,13-15,26H,2-4,11-12,16H2,1H3. The fourth-order valence-corrected chi connectivity index (χ4v) is 4.34. The van der Waals surface area contributed by atoms with Gasteiger partial charge in [0.25, 0.3) is 5.56 Å². The Morgan fingerprint density at radius 1 is 1.06 bits per heavy atom. The third kappa shape index (κ3) is 3.67. The first-order valence-electron chi connectivity index (χ1n) is 10.7. The summed E-state index contributed by atoms with van der Waals surface area (Å²) in [5, 5.41) is 10.1. The molecule has 31 heavy (non-hydrogen) atoms. The summed E-state index contributed by atoms with van der Waals surface area (Å²) in [6.45, 7) is 1.64. The first-order valence-corrected chi connectivity index (χ1v) is 10.7. The van der Waals surface area contributed by atoms with Crippen LogP contribution in [0.15, 0.2) is 59.7 Å². The van der Waals surface area contributed by atoms with Gasteiger partial charge >= 0.3 is 0 Å². The maximum atomic E-state index is 13.3. The van der Waals surface area contributed by atoms with Crippen molar-refractivity contribution in [1.82, 2.24) is 19.2 Å². The number of nitrogens with zero attached hydrogens (tertiary/aromatic N) is 4. The van der Waals surface area contributed by atoms with Crippen LogP contribution >= 0.6 is 0 Å². The van der Waals surface area contributed by atoms with Gasteiger partial charge in [-0.25, -0.2) is 0 Å². The Morgan fingerprint density at radius 2 is 1.90 bits per heavy atom. The van der Waals surface area contributed by atoms with Gasteiger partial charge in [0.2, 0.25) is 5.91 Å². The molecule has 3 heterocycles. The molecule has 4 aromatic rings. The Labute approximate surface area is 179 Å². The van der Waals surface area contributed by atoms with E-state index in [-0.39, 0.29) is 18.0 Å². The van der Waals surface area contributed by atoms with E-state index < -0.39 is 0 Å². The summed E-state index contributed by atoms with van der Waals surface area (Å²) in [4.78, 5) is 27.9. The van der Waals surface area contributed by atoms with Crippen LogP contribution in [0, 0.1) is 0 Å². The molecule has 2 aromatic carbocycles. The third-order valence-corrected chi connectivity index (χ3v) is 6.05. The van der Waals surface area contributed by atoms with Crippen LogP contribution in [0.4, 0.5) is 11.4 Å². The number of carbonyl (C=O) groups excluding carboxylic acids is 1. The number of nitrogens with one attached hydrogen (secondary N) is 1. The van der Waals surface area contributed by atoms with Crippen molar-refractivity contribution in [3.05, 3.63) is 65.2 Å². The molecule has 1 N–H and O–H groups in total. The van der Waals surface area contributed by atoms with E-state index in [1.54, 1.807) is 6.20 Å². The van der Waals surface area contributed by atoms with E-state index in [1.807, 2.05) is 65.3 Å². The van der Waals surface area contributed by atoms with Gasteiger partial charge in [-0.2, -0.15) is 5.10 Å². The zero-order valence-electron chi connectivity index (χ0n) is 17.5. The molecular formula is C24H25N5O2. The number of hydrogen-bond donors (Lipinski definition) is 1. The summed E-state index contributed by atoms with van der Waals surface area (Å²) >= 11 is 0. The van der Waals surface area contributed by atoms with Crippen molar-refractivity contribution >= 4 is 39.0 Å². The van der Waals surface area contributed by atoms with Gasteiger partial charge in [0.15, 0.2) is 0 Å². The van der Waals surface area contributed by atoms with E-state index in [4.69, 9.17) is 0 Å². The molecule has 0 radical (unpaired) electrons. The number of carbonyl (C=O) groups is 1. The molecule has 1 saturated heterocycles. The van der Waals surface area contributed by atoms with Crippen LogP contribution in [0.25, 0.3) is 21.7 Å². The van der Waals surface area contributed by atoms with Gasteiger partial charge in [-0.05, 0) is 55.0 Å². The first-order chi connectivity index (χ1) is 15.1. The third-order valence-electron chi connectivity index (χ3n) is 6.05. The molecular weight excluding hydrogens is 390 g/mol. The average molecular weight is 415 g/mol. The monoisotopic (exact) mass is 415 g/mol. The number of aryl methyl sites for hydroxylation is 1. The minimum absolute atomic E-state index is 0.00798. The number of fused-ring (bicyclic) bond motifs is 2. The fourth-order valence-electron chi connectivity index (χ4n) is 4.34. The number of likely N-dealkylation sites (tertiary alicyclic amines) is 1. The van der Waals surface area contributed by atoms with E-state index >= 15 is 0 Å². The highest BCUT2D eigenvalue weighted by atomic mass is 16.2. The van der Waals surface area contributed by atoms with Gasteiger partial charge in [0.1, 0.15) is 6.54 Å². The van der Waals surface area contributed by atoms with E-state index in [0.29, 0.717) is 5.39 Å². The molecule has 1 fully saturated rings. The Bertz CT molecular complexity index is 1330. The number of anilines is 2. The second-order valence-electron chi connectivity index (χ2n) is 8.13. The van der Waals surface area contributed by atoms with E-state index in [0.717, 1.165) is 53.6 Å². The Morgan fingerprint density at radius 3 is 2.74 bits per heavy atom. The van der Waals surface area contributed by atoms with E-state index in [2.05, 4.69) is 10.4 Å². The van der Waals surface area contributed by atoms with E-state index in [9.17, 15) is 9.59 Å².